The van der Waals surface area contributed by atoms with Crippen LogP contribution in [0.5, 0.6) is 23.0 Å². The van der Waals surface area contributed by atoms with E-state index in [1.165, 1.54) is 33.5 Å². The van der Waals surface area contributed by atoms with Crippen LogP contribution in [0.25, 0.3) is 11.1 Å². The molecule has 0 aliphatic carbocycles. The molecule has 0 saturated heterocycles. The van der Waals surface area contributed by atoms with Crippen LogP contribution in [0.1, 0.15) is 24.5 Å². The lowest BCUT2D eigenvalue weighted by atomic mass is 9.91. The first-order valence-corrected chi connectivity index (χ1v) is 12.4. The van der Waals surface area contributed by atoms with Gasteiger partial charge in [-0.2, -0.15) is 21.0 Å². The molecule has 2 aromatic carbocycles. The van der Waals surface area contributed by atoms with Crippen LogP contribution in [0.15, 0.2) is 71.8 Å². The first-order valence-electron chi connectivity index (χ1n) is 12.4. The van der Waals surface area contributed by atoms with Crippen molar-refractivity contribution in [1.29, 1.82) is 21.0 Å². The molecule has 0 bridgehead atoms. The van der Waals surface area contributed by atoms with E-state index in [-0.39, 0.29) is 24.4 Å². The molecule has 0 unspecified atom stereocenters. The summed E-state index contributed by atoms with van der Waals surface area (Å²) in [5.74, 6) is 1.07. The van der Waals surface area contributed by atoms with Gasteiger partial charge in [-0.25, -0.2) is 4.79 Å². The minimum absolute atomic E-state index is 0.120. The third kappa shape index (κ3) is 8.52. The van der Waals surface area contributed by atoms with Crippen LogP contribution in [0.3, 0.4) is 0 Å². The average molecular weight is 565 g/mol. The Kier molecular flexibility index (Phi) is 12.4. The second-order valence-electron chi connectivity index (χ2n) is 8.44. The van der Waals surface area contributed by atoms with Gasteiger partial charge in [-0.05, 0) is 65.6 Å². The number of hydrogen-bond donors (Lipinski definition) is 0. The summed E-state index contributed by atoms with van der Waals surface area (Å²) in [5, 5.41) is 38.2. The summed E-state index contributed by atoms with van der Waals surface area (Å²) >= 11 is 0. The summed E-state index contributed by atoms with van der Waals surface area (Å²) in [6, 6.07) is 17.4. The Morgan fingerprint density at radius 1 is 0.738 bits per heavy atom. The molecule has 0 amide bonds. The lowest BCUT2D eigenvalue weighted by Crippen LogP contribution is -2.09. The highest BCUT2D eigenvalue weighted by Crippen LogP contribution is 2.38. The molecular weight excluding hydrogens is 536 g/mol. The fourth-order valence-electron chi connectivity index (χ4n) is 3.59. The smallest absolute Gasteiger partial charge is 0.333 e. The van der Waals surface area contributed by atoms with E-state index in [0.29, 0.717) is 57.3 Å². The molecule has 2 rings (SSSR count). The highest BCUT2D eigenvalue weighted by Gasteiger charge is 2.17. The highest BCUT2D eigenvalue weighted by molar-refractivity contribution is 6.01. The van der Waals surface area contributed by atoms with Crippen LogP contribution in [0.2, 0.25) is 0 Å². The van der Waals surface area contributed by atoms with Gasteiger partial charge in [-0.3, -0.25) is 0 Å². The standard InChI is InChI=1S/C32H28N4O6/c1-21(2)32(37)42-12-6-11-41-31-16-25(8-10-29(31)39-4)27(14-23(19-35)20-36)26(13-22(17-33)18-34)24-7-9-28(38-3)30(15-24)40-5/h7-10,13-16H,1,6,11-12H2,2-5H3/b27-26+. The molecule has 0 atom stereocenters. The normalized spacial score (nSPS) is 10.2. The van der Waals surface area contributed by atoms with Gasteiger partial charge in [0.25, 0.3) is 0 Å². The van der Waals surface area contributed by atoms with Crippen LogP contribution in [-0.4, -0.2) is 40.5 Å². The van der Waals surface area contributed by atoms with Crippen molar-refractivity contribution in [2.24, 2.45) is 0 Å². The quantitative estimate of drug-likeness (QED) is 0.0763. The predicted octanol–water partition coefficient (Wildman–Crippen LogP) is 5.46. The molecule has 0 heterocycles. The third-order valence-corrected chi connectivity index (χ3v) is 5.65. The summed E-state index contributed by atoms with van der Waals surface area (Å²) in [5.41, 5.74) is 1.54. The number of carbonyl (C=O) groups excluding carboxylic acids is 1. The number of nitriles is 4. The van der Waals surface area contributed by atoms with Gasteiger partial charge in [-0.15, -0.1) is 0 Å². The highest BCUT2D eigenvalue weighted by atomic mass is 16.5. The predicted molar refractivity (Wildman–Crippen MR) is 154 cm³/mol. The van der Waals surface area contributed by atoms with Gasteiger partial charge in [0.1, 0.15) is 35.4 Å². The molecule has 212 valence electrons. The van der Waals surface area contributed by atoms with Crippen molar-refractivity contribution in [3.63, 3.8) is 0 Å². The number of ether oxygens (including phenoxy) is 5. The first kappa shape index (κ1) is 32.2. The van der Waals surface area contributed by atoms with Gasteiger partial charge in [-0.1, -0.05) is 18.7 Å². The van der Waals surface area contributed by atoms with E-state index in [2.05, 4.69) is 6.58 Å². The number of carbonyl (C=O) groups is 1. The van der Waals surface area contributed by atoms with Crippen molar-refractivity contribution < 1.29 is 28.5 Å². The molecule has 0 aliphatic heterocycles. The Hall–Kier alpha value is -5.97. The summed E-state index contributed by atoms with van der Waals surface area (Å²) in [4.78, 5) is 11.6. The monoisotopic (exact) mass is 564 g/mol. The maximum Gasteiger partial charge on any atom is 0.333 e. The van der Waals surface area contributed by atoms with E-state index in [1.54, 1.807) is 43.3 Å². The van der Waals surface area contributed by atoms with Crippen molar-refractivity contribution in [3.05, 3.63) is 83.0 Å². The van der Waals surface area contributed by atoms with Crippen LogP contribution in [-0.2, 0) is 9.53 Å². The summed E-state index contributed by atoms with van der Waals surface area (Å²) in [6.07, 6.45) is 3.10. The number of nitrogens with zero attached hydrogens (tertiary/aromatic N) is 4. The minimum Gasteiger partial charge on any atom is -0.493 e. The molecule has 42 heavy (non-hydrogen) atoms. The molecule has 0 saturated carbocycles. The lowest BCUT2D eigenvalue weighted by Gasteiger charge is -2.16. The lowest BCUT2D eigenvalue weighted by molar-refractivity contribution is -0.139. The zero-order valence-electron chi connectivity index (χ0n) is 23.7. The van der Waals surface area contributed by atoms with Gasteiger partial charge in [0, 0.05) is 12.0 Å². The fourth-order valence-corrected chi connectivity index (χ4v) is 3.59. The number of methoxy groups -OCH3 is 3. The molecular formula is C32H28N4O6. The molecule has 0 N–H and O–H groups in total. The van der Waals surface area contributed by atoms with Gasteiger partial charge >= 0.3 is 5.97 Å². The number of hydrogen-bond acceptors (Lipinski definition) is 10. The molecule has 0 aromatic heterocycles. The fraction of sp³-hybridized carbons (Fsp3) is 0.219. The largest absolute Gasteiger partial charge is 0.493 e. The number of esters is 1. The Morgan fingerprint density at radius 3 is 1.62 bits per heavy atom. The number of allylic oxidation sites excluding steroid dienone is 6. The molecule has 2 aromatic rings. The number of benzene rings is 2. The minimum atomic E-state index is -0.494. The second kappa shape index (κ2) is 16.2. The van der Waals surface area contributed by atoms with Crippen LogP contribution in [0, 0.1) is 45.3 Å². The van der Waals surface area contributed by atoms with E-state index < -0.39 is 5.97 Å². The zero-order chi connectivity index (χ0) is 31.1. The van der Waals surface area contributed by atoms with Crippen molar-refractivity contribution in [3.8, 4) is 47.3 Å². The zero-order valence-corrected chi connectivity index (χ0v) is 23.7. The Morgan fingerprint density at radius 2 is 1.19 bits per heavy atom. The summed E-state index contributed by atoms with van der Waals surface area (Å²) < 4.78 is 27.2. The maximum atomic E-state index is 11.6. The van der Waals surface area contributed by atoms with E-state index in [4.69, 9.17) is 23.7 Å². The van der Waals surface area contributed by atoms with Crippen LogP contribution in [0.4, 0.5) is 0 Å². The van der Waals surface area contributed by atoms with Crippen molar-refractivity contribution in [1.82, 2.24) is 0 Å². The molecule has 0 spiro atoms. The average Bonchev–Trinajstić information content (AvgIpc) is 3.02. The molecule has 0 fully saturated rings. The van der Waals surface area contributed by atoms with Gasteiger partial charge in [0.05, 0.1) is 34.5 Å². The molecule has 10 nitrogen and oxygen atoms in total. The summed E-state index contributed by atoms with van der Waals surface area (Å²) in [7, 11) is 4.43. The van der Waals surface area contributed by atoms with Crippen LogP contribution < -0.4 is 18.9 Å². The SMILES string of the molecule is C=C(C)C(=O)OCCCOc1cc(/C(C=C(C#N)C#N)=C(\C=C(C#N)C#N)c2ccc(OC)c(OC)c2)ccc1OC. The van der Waals surface area contributed by atoms with E-state index >= 15 is 0 Å². The maximum absolute atomic E-state index is 11.6. The van der Waals surface area contributed by atoms with E-state index in [1.807, 2.05) is 24.3 Å². The topological polar surface area (TPSA) is 158 Å². The van der Waals surface area contributed by atoms with Gasteiger partial charge in [0.15, 0.2) is 23.0 Å². The Bertz CT molecular complexity index is 1580. The van der Waals surface area contributed by atoms with Gasteiger partial charge < -0.3 is 23.7 Å². The first-order chi connectivity index (χ1) is 20.3. The van der Waals surface area contributed by atoms with Crippen molar-refractivity contribution in [2.45, 2.75) is 13.3 Å². The van der Waals surface area contributed by atoms with Gasteiger partial charge in [0.2, 0.25) is 0 Å². The Labute approximate surface area is 244 Å². The van der Waals surface area contributed by atoms with E-state index in [0.717, 1.165) is 0 Å². The molecule has 10 heteroatoms. The Balaban J connectivity index is 2.77. The third-order valence-electron chi connectivity index (χ3n) is 5.65. The molecule has 0 aliphatic rings. The van der Waals surface area contributed by atoms with Crippen molar-refractivity contribution >= 4 is 17.1 Å². The summed E-state index contributed by atoms with van der Waals surface area (Å²) in [6.45, 7) is 5.39. The molecule has 0 radical (unpaired) electrons. The van der Waals surface area contributed by atoms with Crippen LogP contribution >= 0.6 is 0 Å². The number of rotatable bonds is 13. The second-order valence-corrected chi connectivity index (χ2v) is 8.44. The van der Waals surface area contributed by atoms with Crippen molar-refractivity contribution in [2.75, 3.05) is 34.5 Å². The van der Waals surface area contributed by atoms with E-state index in [9.17, 15) is 25.8 Å².